The molecular formula is C26H22IN3O3S2. The molecule has 0 bridgehead atoms. The smallest absolute Gasteiger partial charge is 0.263 e. The van der Waals surface area contributed by atoms with Gasteiger partial charge in [-0.1, -0.05) is 24.3 Å². The molecule has 4 aromatic carbocycles. The molecule has 35 heavy (non-hydrogen) atoms. The number of halogens is 1. The molecule has 0 spiro atoms. The molecular weight excluding hydrogens is 593 g/mol. The molecule has 0 amide bonds. The van der Waals surface area contributed by atoms with Crippen molar-refractivity contribution < 1.29 is 13.2 Å². The van der Waals surface area contributed by atoms with E-state index in [1.54, 1.807) is 24.3 Å². The SMILES string of the molecule is Cc1ccc(NC(=S)Nc2ccc(Oc3ccccc3)cc2)c(S(=O)(=O)Nc2ccc(I)cc2)c1. The molecule has 0 saturated carbocycles. The van der Waals surface area contributed by atoms with Gasteiger partial charge in [0.2, 0.25) is 0 Å². The number of thiocarbonyl (C=S) groups is 1. The zero-order valence-corrected chi connectivity index (χ0v) is 22.4. The van der Waals surface area contributed by atoms with Crippen molar-refractivity contribution in [1.82, 2.24) is 0 Å². The lowest BCUT2D eigenvalue weighted by molar-refractivity contribution is 0.483. The van der Waals surface area contributed by atoms with Crippen LogP contribution in [0.4, 0.5) is 17.1 Å². The molecule has 6 nitrogen and oxygen atoms in total. The van der Waals surface area contributed by atoms with Crippen molar-refractivity contribution in [2.45, 2.75) is 11.8 Å². The molecule has 178 valence electrons. The first-order chi connectivity index (χ1) is 16.8. The van der Waals surface area contributed by atoms with Gasteiger partial charge in [-0.25, -0.2) is 8.42 Å². The predicted molar refractivity (Wildman–Crippen MR) is 154 cm³/mol. The van der Waals surface area contributed by atoms with E-state index in [-0.39, 0.29) is 10.0 Å². The van der Waals surface area contributed by atoms with Crippen LogP contribution in [-0.4, -0.2) is 13.5 Å². The summed E-state index contributed by atoms with van der Waals surface area (Å²) >= 11 is 7.61. The van der Waals surface area contributed by atoms with Crippen molar-refractivity contribution in [3.8, 4) is 11.5 Å². The van der Waals surface area contributed by atoms with E-state index in [0.29, 0.717) is 17.1 Å². The number of para-hydroxylation sites is 1. The summed E-state index contributed by atoms with van der Waals surface area (Å²) in [5.41, 5.74) is 2.40. The normalized spacial score (nSPS) is 10.9. The number of anilines is 3. The minimum Gasteiger partial charge on any atom is -0.457 e. The Hall–Kier alpha value is -3.15. The molecule has 0 heterocycles. The third-order valence-corrected chi connectivity index (χ3v) is 7.21. The summed E-state index contributed by atoms with van der Waals surface area (Å²) in [5, 5.41) is 6.35. The second-order valence-corrected chi connectivity index (χ2v) is 10.9. The summed E-state index contributed by atoms with van der Waals surface area (Å²) in [6, 6.07) is 29.1. The van der Waals surface area contributed by atoms with E-state index in [9.17, 15) is 8.42 Å². The van der Waals surface area contributed by atoms with E-state index in [2.05, 4.69) is 37.9 Å². The number of rotatable bonds is 7. The highest BCUT2D eigenvalue weighted by molar-refractivity contribution is 14.1. The molecule has 3 N–H and O–H groups in total. The molecule has 4 aromatic rings. The molecule has 0 unspecified atom stereocenters. The van der Waals surface area contributed by atoms with E-state index < -0.39 is 10.0 Å². The van der Waals surface area contributed by atoms with E-state index >= 15 is 0 Å². The number of sulfonamides is 1. The van der Waals surface area contributed by atoms with Gasteiger partial charge in [0, 0.05) is 14.9 Å². The standard InChI is InChI=1S/C26H22IN3O3S2/c1-18-7-16-24(25(17-18)35(31,32)30-21-10-8-19(27)9-11-21)29-26(34)28-20-12-14-23(15-13-20)33-22-5-3-2-4-6-22/h2-17,30H,1H3,(H2,28,29,34). The maximum absolute atomic E-state index is 13.2. The van der Waals surface area contributed by atoms with E-state index in [0.717, 1.165) is 20.6 Å². The zero-order valence-electron chi connectivity index (χ0n) is 18.7. The van der Waals surface area contributed by atoms with Crippen molar-refractivity contribution in [2.24, 2.45) is 0 Å². The summed E-state index contributed by atoms with van der Waals surface area (Å²) in [7, 11) is -3.85. The molecule has 9 heteroatoms. The highest BCUT2D eigenvalue weighted by Gasteiger charge is 2.20. The van der Waals surface area contributed by atoms with Gasteiger partial charge in [0.05, 0.1) is 5.69 Å². The van der Waals surface area contributed by atoms with Crippen molar-refractivity contribution in [1.29, 1.82) is 0 Å². The fraction of sp³-hybridized carbons (Fsp3) is 0.0385. The first kappa shape index (κ1) is 25.0. The summed E-state index contributed by atoms with van der Waals surface area (Å²) in [4.78, 5) is 0.104. The Labute approximate surface area is 223 Å². The Morgan fingerprint density at radius 3 is 2.11 bits per heavy atom. The Kier molecular flexibility index (Phi) is 7.89. The Morgan fingerprint density at radius 1 is 0.800 bits per heavy atom. The first-order valence-electron chi connectivity index (χ1n) is 10.6. The van der Waals surface area contributed by atoms with Crippen molar-refractivity contribution in [3.05, 3.63) is 106 Å². The van der Waals surface area contributed by atoms with Gasteiger partial charge >= 0.3 is 0 Å². The average Bonchev–Trinajstić information content (AvgIpc) is 2.83. The fourth-order valence-electron chi connectivity index (χ4n) is 3.20. The average molecular weight is 616 g/mol. The predicted octanol–water partition coefficient (Wildman–Crippen LogP) is 7.00. The molecule has 0 radical (unpaired) electrons. The van der Waals surface area contributed by atoms with Crippen LogP contribution in [0.1, 0.15) is 5.56 Å². The van der Waals surface area contributed by atoms with Crippen molar-refractivity contribution in [3.63, 3.8) is 0 Å². The lowest BCUT2D eigenvalue weighted by Crippen LogP contribution is -2.22. The molecule has 0 aliphatic carbocycles. The second kappa shape index (κ2) is 11.1. The summed E-state index contributed by atoms with van der Waals surface area (Å²) < 4.78 is 35.8. The highest BCUT2D eigenvalue weighted by atomic mass is 127. The number of hydrogen-bond acceptors (Lipinski definition) is 4. The summed E-state index contributed by atoms with van der Waals surface area (Å²) in [5.74, 6) is 1.44. The molecule has 0 fully saturated rings. The van der Waals surface area contributed by atoms with Crippen LogP contribution in [0.15, 0.2) is 102 Å². The van der Waals surface area contributed by atoms with Crippen LogP contribution in [0.25, 0.3) is 0 Å². The second-order valence-electron chi connectivity index (χ2n) is 7.63. The minimum atomic E-state index is -3.85. The lowest BCUT2D eigenvalue weighted by Gasteiger charge is -2.16. The Balaban J connectivity index is 1.46. The minimum absolute atomic E-state index is 0.104. The van der Waals surface area contributed by atoms with Crippen molar-refractivity contribution >= 4 is 67.0 Å². The van der Waals surface area contributed by atoms with Crippen LogP contribution < -0.4 is 20.1 Å². The van der Waals surface area contributed by atoms with Crippen LogP contribution in [0, 0.1) is 10.5 Å². The van der Waals surface area contributed by atoms with Gasteiger partial charge in [-0.15, -0.1) is 0 Å². The fourth-order valence-corrected chi connectivity index (χ4v) is 5.09. The third-order valence-electron chi connectivity index (χ3n) is 4.86. The van der Waals surface area contributed by atoms with E-state index in [4.69, 9.17) is 17.0 Å². The van der Waals surface area contributed by atoms with Crippen molar-refractivity contribution in [2.75, 3.05) is 15.4 Å². The molecule has 0 aliphatic rings. The quantitative estimate of drug-likeness (QED) is 0.154. The summed E-state index contributed by atoms with van der Waals surface area (Å²) in [6.07, 6.45) is 0. The maximum Gasteiger partial charge on any atom is 0.263 e. The first-order valence-corrected chi connectivity index (χ1v) is 13.6. The molecule has 0 aliphatic heterocycles. The van der Waals surface area contributed by atoms with E-state index in [1.807, 2.05) is 79.7 Å². The van der Waals surface area contributed by atoms with Crippen LogP contribution in [0.5, 0.6) is 11.5 Å². The maximum atomic E-state index is 13.2. The number of benzene rings is 4. The van der Waals surface area contributed by atoms with Crippen LogP contribution in [0.3, 0.4) is 0 Å². The monoisotopic (exact) mass is 615 g/mol. The number of ether oxygens (including phenoxy) is 1. The zero-order chi connectivity index (χ0) is 24.8. The van der Waals surface area contributed by atoms with E-state index in [1.165, 1.54) is 0 Å². The lowest BCUT2D eigenvalue weighted by atomic mass is 10.2. The van der Waals surface area contributed by atoms with Gasteiger partial charge in [0.15, 0.2) is 5.11 Å². The largest absolute Gasteiger partial charge is 0.457 e. The van der Waals surface area contributed by atoms with Gasteiger partial charge in [-0.3, -0.25) is 4.72 Å². The third kappa shape index (κ3) is 6.93. The molecule has 4 rings (SSSR count). The van der Waals surface area contributed by atoms with Gasteiger partial charge in [0.25, 0.3) is 10.0 Å². The van der Waals surface area contributed by atoms with Crippen LogP contribution in [-0.2, 0) is 10.0 Å². The Morgan fingerprint density at radius 2 is 1.43 bits per heavy atom. The van der Waals surface area contributed by atoms with Gasteiger partial charge < -0.3 is 15.4 Å². The highest BCUT2D eigenvalue weighted by Crippen LogP contribution is 2.27. The topological polar surface area (TPSA) is 79.5 Å². The van der Waals surface area contributed by atoms with Gasteiger partial charge in [0.1, 0.15) is 16.4 Å². The molecule has 0 aromatic heterocycles. The van der Waals surface area contributed by atoms with Gasteiger partial charge in [-0.05, 0) is 120 Å². The summed E-state index contributed by atoms with van der Waals surface area (Å²) in [6.45, 7) is 1.84. The van der Waals surface area contributed by atoms with Crippen LogP contribution in [0.2, 0.25) is 0 Å². The molecule has 0 atom stereocenters. The number of nitrogens with one attached hydrogen (secondary N) is 3. The molecule has 0 saturated heterocycles. The Bertz CT molecular complexity index is 1430. The van der Waals surface area contributed by atoms with Crippen LogP contribution >= 0.6 is 34.8 Å². The van der Waals surface area contributed by atoms with Gasteiger partial charge in [-0.2, -0.15) is 0 Å². The number of aryl methyl sites for hydroxylation is 1. The number of hydrogen-bond donors (Lipinski definition) is 3.